The van der Waals surface area contributed by atoms with Gasteiger partial charge >= 0.3 is 0 Å². The number of nitrogens with two attached hydrogens (primary N) is 1. The highest BCUT2D eigenvalue weighted by Gasteiger charge is 2.26. The quantitative estimate of drug-likeness (QED) is 0.708. The van der Waals surface area contributed by atoms with Gasteiger partial charge in [-0.25, -0.2) is 9.67 Å². The first-order valence-electron chi connectivity index (χ1n) is 9.11. The fraction of sp³-hybridized carbons (Fsp3) is 0.389. The lowest BCUT2D eigenvalue weighted by Crippen LogP contribution is -2.37. The molecule has 0 spiro atoms. The van der Waals surface area contributed by atoms with E-state index in [1.54, 1.807) is 12.7 Å². The Balaban J connectivity index is 1.45. The van der Waals surface area contributed by atoms with Crippen molar-refractivity contribution in [2.75, 3.05) is 24.1 Å². The van der Waals surface area contributed by atoms with Gasteiger partial charge in [-0.15, -0.1) is 0 Å². The number of rotatable bonds is 5. The van der Waals surface area contributed by atoms with E-state index < -0.39 is 0 Å². The molecular weight excluding hydrogens is 342 g/mol. The molecule has 9 heteroatoms. The number of piperidine rings is 1. The molecule has 3 heterocycles. The van der Waals surface area contributed by atoms with Crippen LogP contribution in [-0.2, 0) is 0 Å². The minimum atomic E-state index is 0.0586. The number of nitrogens with zero attached hydrogens (tertiary/aromatic N) is 7. The van der Waals surface area contributed by atoms with Crippen molar-refractivity contribution in [3.63, 3.8) is 0 Å². The van der Waals surface area contributed by atoms with Crippen LogP contribution < -0.4 is 11.1 Å². The molecule has 1 aromatic carbocycles. The highest BCUT2D eigenvalue weighted by atomic mass is 15.3. The molecule has 1 fully saturated rings. The molecule has 0 radical (unpaired) electrons. The number of likely N-dealkylation sites (tertiary alicyclic amines) is 1. The van der Waals surface area contributed by atoms with Crippen LogP contribution in [0, 0.1) is 0 Å². The zero-order valence-corrected chi connectivity index (χ0v) is 15.2. The summed E-state index contributed by atoms with van der Waals surface area (Å²) in [5.41, 5.74) is 6.84. The molecule has 0 amide bonds. The van der Waals surface area contributed by atoms with E-state index in [0.717, 1.165) is 31.6 Å². The number of nitrogen functional groups attached to an aromatic ring is 1. The van der Waals surface area contributed by atoms with E-state index in [1.165, 1.54) is 0 Å². The lowest BCUT2D eigenvalue weighted by Gasteiger charge is -2.35. The van der Waals surface area contributed by atoms with Crippen LogP contribution in [0.3, 0.4) is 0 Å². The summed E-state index contributed by atoms with van der Waals surface area (Å²) < 4.78 is 1.95. The molecule has 0 aliphatic carbocycles. The summed E-state index contributed by atoms with van der Waals surface area (Å²) in [6, 6.07) is 10.2. The maximum Gasteiger partial charge on any atom is 0.232 e. The molecule has 0 bridgehead atoms. The lowest BCUT2D eigenvalue weighted by molar-refractivity contribution is 0.134. The van der Waals surface area contributed by atoms with E-state index in [2.05, 4.69) is 42.2 Å². The Morgan fingerprint density at radius 3 is 2.59 bits per heavy atom. The maximum atomic E-state index is 5.93. The van der Waals surface area contributed by atoms with E-state index >= 15 is 0 Å². The van der Waals surface area contributed by atoms with Crippen molar-refractivity contribution in [3.8, 4) is 0 Å². The third-order valence-electron chi connectivity index (χ3n) is 4.93. The van der Waals surface area contributed by atoms with Crippen molar-refractivity contribution >= 4 is 17.6 Å². The number of aromatic nitrogens is 6. The van der Waals surface area contributed by atoms with E-state index in [4.69, 9.17) is 5.73 Å². The summed E-state index contributed by atoms with van der Waals surface area (Å²) in [6.45, 7) is 3.99. The Morgan fingerprint density at radius 1 is 1.11 bits per heavy atom. The predicted octanol–water partition coefficient (Wildman–Crippen LogP) is 2.19. The largest absolute Gasteiger partial charge is 0.368 e. The molecule has 3 aromatic rings. The lowest BCUT2D eigenvalue weighted by atomic mass is 10.0. The molecule has 3 N–H and O–H groups in total. The highest BCUT2D eigenvalue weighted by Crippen LogP contribution is 2.27. The molecule has 4 rings (SSSR count). The molecule has 27 heavy (non-hydrogen) atoms. The maximum absolute atomic E-state index is 5.93. The van der Waals surface area contributed by atoms with Gasteiger partial charge in [0.1, 0.15) is 12.7 Å². The zero-order chi connectivity index (χ0) is 18.6. The minimum absolute atomic E-state index is 0.0586. The SMILES string of the molecule is C[C@@H](c1nc(N)nc(Nc2ccccc2)n1)N1CCC(n2cncn2)CC1. The van der Waals surface area contributed by atoms with Gasteiger partial charge in [0, 0.05) is 18.8 Å². The molecular formula is C18H23N9. The Kier molecular flexibility index (Phi) is 4.93. The van der Waals surface area contributed by atoms with Gasteiger partial charge in [0.2, 0.25) is 11.9 Å². The number of hydrogen-bond donors (Lipinski definition) is 2. The number of para-hydroxylation sites is 1. The monoisotopic (exact) mass is 365 g/mol. The van der Waals surface area contributed by atoms with Crippen molar-refractivity contribution in [1.82, 2.24) is 34.6 Å². The van der Waals surface area contributed by atoms with Crippen LogP contribution in [-0.4, -0.2) is 47.7 Å². The van der Waals surface area contributed by atoms with Crippen molar-refractivity contribution in [2.24, 2.45) is 0 Å². The summed E-state index contributed by atoms with van der Waals surface area (Å²) in [4.78, 5) is 19.6. The summed E-state index contributed by atoms with van der Waals surface area (Å²) in [6.07, 6.45) is 5.41. The fourth-order valence-corrected chi connectivity index (χ4v) is 3.41. The number of hydrogen-bond acceptors (Lipinski definition) is 8. The van der Waals surface area contributed by atoms with E-state index in [1.807, 2.05) is 35.0 Å². The van der Waals surface area contributed by atoms with Crippen LogP contribution in [0.15, 0.2) is 43.0 Å². The van der Waals surface area contributed by atoms with Crippen LogP contribution in [0.5, 0.6) is 0 Å². The highest BCUT2D eigenvalue weighted by molar-refractivity contribution is 5.53. The second-order valence-corrected chi connectivity index (χ2v) is 6.69. The van der Waals surface area contributed by atoms with E-state index in [9.17, 15) is 0 Å². The first kappa shape index (κ1) is 17.3. The van der Waals surface area contributed by atoms with E-state index in [0.29, 0.717) is 17.8 Å². The Bertz CT molecular complexity index is 858. The zero-order valence-electron chi connectivity index (χ0n) is 15.2. The standard InChI is InChI=1S/C18H23N9/c1-13(26-9-7-15(8-10-26)27-12-20-11-21-27)16-23-17(19)25-18(24-16)22-14-5-3-2-4-6-14/h2-6,11-13,15H,7-10H2,1H3,(H3,19,22,23,24,25)/t13-/m0/s1. The van der Waals surface area contributed by atoms with Gasteiger partial charge in [-0.05, 0) is 31.9 Å². The molecule has 0 saturated carbocycles. The molecule has 2 aromatic heterocycles. The molecule has 140 valence electrons. The van der Waals surface area contributed by atoms with Crippen LogP contribution in [0.2, 0.25) is 0 Å². The Labute approximate surface area is 157 Å². The molecule has 1 saturated heterocycles. The number of benzene rings is 1. The van der Waals surface area contributed by atoms with Crippen LogP contribution >= 0.6 is 0 Å². The second-order valence-electron chi connectivity index (χ2n) is 6.69. The van der Waals surface area contributed by atoms with Crippen molar-refractivity contribution in [3.05, 3.63) is 48.8 Å². The summed E-state index contributed by atoms with van der Waals surface area (Å²) in [7, 11) is 0. The normalized spacial score (nSPS) is 16.9. The first-order chi connectivity index (χ1) is 13.2. The number of nitrogens with one attached hydrogen (secondary N) is 1. The van der Waals surface area contributed by atoms with Gasteiger partial charge in [-0.2, -0.15) is 20.1 Å². The molecule has 9 nitrogen and oxygen atoms in total. The van der Waals surface area contributed by atoms with Gasteiger partial charge in [0.25, 0.3) is 0 Å². The Morgan fingerprint density at radius 2 is 1.89 bits per heavy atom. The van der Waals surface area contributed by atoms with Crippen LogP contribution in [0.1, 0.15) is 37.7 Å². The predicted molar refractivity (Wildman–Crippen MR) is 102 cm³/mol. The van der Waals surface area contributed by atoms with Crippen molar-refractivity contribution in [2.45, 2.75) is 31.8 Å². The fourth-order valence-electron chi connectivity index (χ4n) is 3.41. The molecule has 1 aliphatic rings. The second kappa shape index (κ2) is 7.67. The first-order valence-corrected chi connectivity index (χ1v) is 9.11. The molecule has 0 unspecified atom stereocenters. The summed E-state index contributed by atoms with van der Waals surface area (Å²) in [5, 5.41) is 7.45. The number of anilines is 3. The minimum Gasteiger partial charge on any atom is -0.368 e. The van der Waals surface area contributed by atoms with Crippen LogP contribution in [0.4, 0.5) is 17.6 Å². The van der Waals surface area contributed by atoms with Crippen molar-refractivity contribution in [1.29, 1.82) is 0 Å². The topological polar surface area (TPSA) is 111 Å². The van der Waals surface area contributed by atoms with Gasteiger partial charge in [0.15, 0.2) is 5.82 Å². The molecule has 1 atom stereocenters. The average molecular weight is 365 g/mol. The molecule has 1 aliphatic heterocycles. The summed E-state index contributed by atoms with van der Waals surface area (Å²) >= 11 is 0. The average Bonchev–Trinajstić information content (AvgIpc) is 3.23. The Hall–Kier alpha value is -3.07. The third kappa shape index (κ3) is 4.03. The van der Waals surface area contributed by atoms with Gasteiger partial charge < -0.3 is 11.1 Å². The van der Waals surface area contributed by atoms with Gasteiger partial charge in [0.05, 0.1) is 12.1 Å². The van der Waals surface area contributed by atoms with Gasteiger partial charge in [-0.1, -0.05) is 18.2 Å². The van der Waals surface area contributed by atoms with Gasteiger partial charge in [-0.3, -0.25) is 4.90 Å². The third-order valence-corrected chi connectivity index (χ3v) is 4.93. The summed E-state index contributed by atoms with van der Waals surface area (Å²) in [5.74, 6) is 1.37. The van der Waals surface area contributed by atoms with E-state index in [-0.39, 0.29) is 12.0 Å². The van der Waals surface area contributed by atoms with Crippen molar-refractivity contribution < 1.29 is 0 Å². The smallest absolute Gasteiger partial charge is 0.232 e. The van der Waals surface area contributed by atoms with Crippen LogP contribution in [0.25, 0.3) is 0 Å².